The summed E-state index contributed by atoms with van der Waals surface area (Å²) < 4.78 is 0. The van der Waals surface area contributed by atoms with Crippen molar-refractivity contribution < 1.29 is 4.79 Å². The molecular formula is C14H19N7OS. The third-order valence-electron chi connectivity index (χ3n) is 3.77. The van der Waals surface area contributed by atoms with Crippen molar-refractivity contribution >= 4 is 28.2 Å². The van der Waals surface area contributed by atoms with Crippen LogP contribution in [0.5, 0.6) is 0 Å². The first-order valence-corrected chi connectivity index (χ1v) is 8.39. The molecule has 0 aromatic carbocycles. The third kappa shape index (κ3) is 4.20. The van der Waals surface area contributed by atoms with E-state index in [1.54, 1.807) is 11.7 Å². The highest BCUT2D eigenvalue weighted by atomic mass is 32.1. The van der Waals surface area contributed by atoms with Crippen LogP contribution in [0.3, 0.4) is 0 Å². The summed E-state index contributed by atoms with van der Waals surface area (Å²) in [6.45, 7) is 2.11. The summed E-state index contributed by atoms with van der Waals surface area (Å²) in [5.74, 6) is 0.829. The molecule has 0 saturated carbocycles. The van der Waals surface area contributed by atoms with E-state index in [0.717, 1.165) is 31.7 Å². The Morgan fingerprint density at radius 1 is 1.48 bits per heavy atom. The van der Waals surface area contributed by atoms with Crippen LogP contribution in [0.4, 0.5) is 10.9 Å². The van der Waals surface area contributed by atoms with Gasteiger partial charge in [-0.25, -0.2) is 0 Å². The van der Waals surface area contributed by atoms with Gasteiger partial charge in [-0.15, -0.1) is 15.3 Å². The minimum atomic E-state index is -0.0756. The topological polar surface area (TPSA) is 87.1 Å². The number of hydrogen-bond donors (Lipinski definition) is 1. The lowest BCUT2D eigenvalue weighted by Gasteiger charge is -2.28. The van der Waals surface area contributed by atoms with Crippen molar-refractivity contribution in [1.29, 1.82) is 0 Å². The highest BCUT2D eigenvalue weighted by Gasteiger charge is 2.27. The van der Waals surface area contributed by atoms with E-state index in [0.29, 0.717) is 17.7 Å². The van der Waals surface area contributed by atoms with Crippen LogP contribution < -0.4 is 10.2 Å². The lowest BCUT2D eigenvalue weighted by molar-refractivity contribution is -0.117. The Bertz CT molecular complexity index is 621. The Morgan fingerprint density at radius 3 is 3.13 bits per heavy atom. The summed E-state index contributed by atoms with van der Waals surface area (Å²) in [5.41, 5.74) is 1.59. The molecule has 0 aliphatic carbocycles. The van der Waals surface area contributed by atoms with Gasteiger partial charge in [0.15, 0.2) is 5.82 Å². The number of likely N-dealkylation sites (N-methyl/N-ethyl adjacent to an activating group) is 1. The van der Waals surface area contributed by atoms with Gasteiger partial charge in [-0.05, 0) is 32.0 Å². The highest BCUT2D eigenvalue weighted by Crippen LogP contribution is 2.23. The van der Waals surface area contributed by atoms with Crippen LogP contribution in [0.25, 0.3) is 0 Å². The molecule has 0 bridgehead atoms. The first kappa shape index (κ1) is 15.8. The lowest BCUT2D eigenvalue weighted by Crippen LogP contribution is -2.42. The number of nitrogens with one attached hydrogen (secondary N) is 1. The second kappa shape index (κ2) is 7.42. The number of aromatic nitrogens is 4. The molecule has 3 heterocycles. The molecule has 3 rings (SSSR count). The standard InChI is InChI=1S/C14H19N7OS/c1-20(9-13(22)17-14-19-16-10-23-14)8-11-4-3-7-21(11)12-5-2-6-15-18-12/h2,5-6,10-11H,3-4,7-9H2,1H3,(H,17,19,22)/t11-/m1/s1. The van der Waals surface area contributed by atoms with Crippen LogP contribution in [-0.4, -0.2) is 63.9 Å². The van der Waals surface area contributed by atoms with Gasteiger partial charge in [-0.1, -0.05) is 11.3 Å². The average molecular weight is 333 g/mol. The van der Waals surface area contributed by atoms with Gasteiger partial charge in [-0.3, -0.25) is 15.0 Å². The number of rotatable bonds is 6. The van der Waals surface area contributed by atoms with E-state index in [-0.39, 0.29) is 5.91 Å². The fourth-order valence-electron chi connectivity index (χ4n) is 2.83. The normalized spacial score (nSPS) is 17.7. The Morgan fingerprint density at radius 2 is 2.39 bits per heavy atom. The van der Waals surface area contributed by atoms with E-state index in [1.807, 2.05) is 24.1 Å². The molecule has 9 heteroatoms. The maximum atomic E-state index is 12.0. The first-order valence-electron chi connectivity index (χ1n) is 7.51. The number of anilines is 2. The Hall–Kier alpha value is -2.13. The third-order valence-corrected chi connectivity index (χ3v) is 4.38. The Balaban J connectivity index is 1.52. The van der Waals surface area contributed by atoms with Gasteiger partial charge in [0.1, 0.15) is 5.51 Å². The molecule has 0 radical (unpaired) electrons. The second-order valence-electron chi connectivity index (χ2n) is 5.56. The van der Waals surface area contributed by atoms with Crippen LogP contribution in [-0.2, 0) is 4.79 Å². The second-order valence-corrected chi connectivity index (χ2v) is 6.39. The summed E-state index contributed by atoms with van der Waals surface area (Å²) in [6.07, 6.45) is 3.91. The van der Waals surface area contributed by atoms with Gasteiger partial charge < -0.3 is 4.90 Å². The van der Waals surface area contributed by atoms with E-state index >= 15 is 0 Å². The zero-order chi connectivity index (χ0) is 16.1. The van der Waals surface area contributed by atoms with Crippen molar-refractivity contribution in [2.75, 3.05) is 36.9 Å². The molecule has 1 atom stereocenters. The van der Waals surface area contributed by atoms with Crippen molar-refractivity contribution in [2.24, 2.45) is 0 Å². The summed E-state index contributed by atoms with van der Waals surface area (Å²) in [4.78, 5) is 16.3. The molecule has 1 amide bonds. The van der Waals surface area contributed by atoms with E-state index in [2.05, 4.69) is 30.6 Å². The zero-order valence-corrected chi connectivity index (χ0v) is 13.7. The first-order chi connectivity index (χ1) is 11.2. The molecule has 2 aromatic rings. The molecule has 0 spiro atoms. The largest absolute Gasteiger partial charge is 0.351 e. The number of hydrogen-bond acceptors (Lipinski definition) is 8. The number of nitrogens with zero attached hydrogens (tertiary/aromatic N) is 6. The van der Waals surface area contributed by atoms with Crippen molar-refractivity contribution in [3.63, 3.8) is 0 Å². The SMILES string of the molecule is CN(CC(=O)Nc1nncs1)C[C@H]1CCCN1c1cccnn1. The number of amides is 1. The fourth-order valence-corrected chi connectivity index (χ4v) is 3.29. The lowest BCUT2D eigenvalue weighted by atomic mass is 10.2. The number of carbonyl (C=O) groups excluding carboxylic acids is 1. The quantitative estimate of drug-likeness (QED) is 0.839. The van der Waals surface area contributed by atoms with Crippen molar-refractivity contribution in [1.82, 2.24) is 25.3 Å². The summed E-state index contributed by atoms with van der Waals surface area (Å²) in [7, 11) is 1.95. The maximum Gasteiger partial charge on any atom is 0.240 e. The van der Waals surface area contributed by atoms with Gasteiger partial charge in [0, 0.05) is 25.3 Å². The van der Waals surface area contributed by atoms with Gasteiger partial charge in [0.25, 0.3) is 0 Å². The van der Waals surface area contributed by atoms with Gasteiger partial charge >= 0.3 is 0 Å². The van der Waals surface area contributed by atoms with Crippen molar-refractivity contribution in [3.8, 4) is 0 Å². The zero-order valence-electron chi connectivity index (χ0n) is 12.9. The van der Waals surface area contributed by atoms with Gasteiger partial charge in [-0.2, -0.15) is 5.10 Å². The Labute approximate surface area is 138 Å². The molecule has 1 aliphatic heterocycles. The van der Waals surface area contributed by atoms with Crippen LogP contribution in [0.2, 0.25) is 0 Å². The van der Waals surface area contributed by atoms with Crippen LogP contribution in [0.1, 0.15) is 12.8 Å². The monoisotopic (exact) mass is 333 g/mol. The molecule has 1 aliphatic rings. The predicted octanol–water partition coefficient (Wildman–Crippen LogP) is 0.867. The summed E-state index contributed by atoms with van der Waals surface area (Å²) in [5, 5.41) is 18.9. The smallest absolute Gasteiger partial charge is 0.240 e. The molecular weight excluding hydrogens is 314 g/mol. The Kier molecular flexibility index (Phi) is 5.09. The molecule has 1 saturated heterocycles. The molecule has 23 heavy (non-hydrogen) atoms. The molecule has 1 fully saturated rings. The van der Waals surface area contributed by atoms with Gasteiger partial charge in [0.05, 0.1) is 6.54 Å². The van der Waals surface area contributed by atoms with Crippen LogP contribution in [0.15, 0.2) is 23.8 Å². The van der Waals surface area contributed by atoms with Crippen LogP contribution >= 0.6 is 11.3 Å². The molecule has 0 unspecified atom stereocenters. The highest BCUT2D eigenvalue weighted by molar-refractivity contribution is 7.13. The summed E-state index contributed by atoms with van der Waals surface area (Å²) in [6, 6.07) is 4.23. The predicted molar refractivity (Wildman–Crippen MR) is 88.4 cm³/mol. The maximum absolute atomic E-state index is 12.0. The molecule has 1 N–H and O–H groups in total. The molecule has 2 aromatic heterocycles. The fraction of sp³-hybridized carbons (Fsp3) is 0.500. The van der Waals surface area contributed by atoms with E-state index in [4.69, 9.17) is 0 Å². The van der Waals surface area contributed by atoms with E-state index in [1.165, 1.54) is 11.3 Å². The van der Waals surface area contributed by atoms with Crippen molar-refractivity contribution in [3.05, 3.63) is 23.8 Å². The minimum Gasteiger partial charge on any atom is -0.351 e. The number of carbonyl (C=O) groups is 1. The van der Waals surface area contributed by atoms with E-state index < -0.39 is 0 Å². The summed E-state index contributed by atoms with van der Waals surface area (Å²) >= 11 is 1.31. The van der Waals surface area contributed by atoms with Crippen LogP contribution in [0, 0.1) is 0 Å². The molecule has 8 nitrogen and oxygen atoms in total. The molecule has 122 valence electrons. The van der Waals surface area contributed by atoms with E-state index in [9.17, 15) is 4.79 Å². The average Bonchev–Trinajstić information content (AvgIpc) is 3.19. The minimum absolute atomic E-state index is 0.0756. The van der Waals surface area contributed by atoms with Crippen molar-refractivity contribution in [2.45, 2.75) is 18.9 Å². The van der Waals surface area contributed by atoms with Gasteiger partial charge in [0.2, 0.25) is 11.0 Å².